The predicted molar refractivity (Wildman–Crippen MR) is 51.4 cm³/mol. The number of carbonyl (C=O) groups is 1. The number of hydrogen-bond donors (Lipinski definition) is 1. The highest BCUT2D eigenvalue weighted by Gasteiger charge is 2.28. The Morgan fingerprint density at radius 2 is 2.08 bits per heavy atom. The Labute approximate surface area is 79.8 Å². The van der Waals surface area contributed by atoms with E-state index in [9.17, 15) is 4.79 Å². The van der Waals surface area contributed by atoms with Crippen LogP contribution < -0.4 is 5.32 Å². The van der Waals surface area contributed by atoms with Gasteiger partial charge in [-0.2, -0.15) is 0 Å². The van der Waals surface area contributed by atoms with E-state index in [4.69, 9.17) is 4.74 Å². The molecular weight excluding hydrogens is 166 g/mol. The molecule has 1 N–H and O–H groups in total. The van der Waals surface area contributed by atoms with Gasteiger partial charge in [0.15, 0.2) is 0 Å². The van der Waals surface area contributed by atoms with Gasteiger partial charge >= 0.3 is 0 Å². The molecule has 0 aromatic carbocycles. The minimum absolute atomic E-state index is 0.00750. The summed E-state index contributed by atoms with van der Waals surface area (Å²) in [6.07, 6.45) is 2.64. The Morgan fingerprint density at radius 1 is 1.46 bits per heavy atom. The van der Waals surface area contributed by atoms with Gasteiger partial charge in [0.2, 0.25) is 5.91 Å². The third-order valence-corrected chi connectivity index (χ3v) is 2.27. The number of carbonyl (C=O) groups excluding carboxylic acids is 1. The van der Waals surface area contributed by atoms with Crippen LogP contribution in [-0.4, -0.2) is 24.7 Å². The highest BCUT2D eigenvalue weighted by atomic mass is 16.5. The van der Waals surface area contributed by atoms with E-state index < -0.39 is 0 Å². The number of ether oxygens (including phenoxy) is 1. The second-order valence-electron chi connectivity index (χ2n) is 4.05. The maximum absolute atomic E-state index is 11.3. The van der Waals surface area contributed by atoms with Gasteiger partial charge in [0.1, 0.15) is 6.61 Å². The van der Waals surface area contributed by atoms with Gasteiger partial charge in [-0.1, -0.05) is 0 Å². The third-order valence-electron chi connectivity index (χ3n) is 2.27. The molecule has 3 nitrogen and oxygen atoms in total. The quantitative estimate of drug-likeness (QED) is 0.701. The van der Waals surface area contributed by atoms with Crippen LogP contribution in [0.1, 0.15) is 33.6 Å². The fourth-order valence-corrected chi connectivity index (χ4v) is 1.25. The number of nitrogens with one attached hydrogen (secondary N) is 1. The molecular formula is C10H19NO2. The van der Waals surface area contributed by atoms with Crippen molar-refractivity contribution in [2.24, 2.45) is 5.92 Å². The van der Waals surface area contributed by atoms with Gasteiger partial charge in [0.05, 0.1) is 6.10 Å². The summed E-state index contributed by atoms with van der Waals surface area (Å²) in [6.45, 7) is 6.11. The number of amides is 1. The molecule has 1 unspecified atom stereocenters. The summed E-state index contributed by atoms with van der Waals surface area (Å²) in [7, 11) is 0. The van der Waals surface area contributed by atoms with Crippen molar-refractivity contribution < 1.29 is 9.53 Å². The number of hydrogen-bond acceptors (Lipinski definition) is 2. The lowest BCUT2D eigenvalue weighted by atomic mass is 10.2. The maximum Gasteiger partial charge on any atom is 0.246 e. The molecule has 0 aromatic rings. The SMILES string of the molecule is CC(C)OCC(=O)NC(C)C1CC1. The van der Waals surface area contributed by atoms with E-state index in [0.717, 1.165) is 0 Å². The number of rotatable bonds is 5. The van der Waals surface area contributed by atoms with Crippen molar-refractivity contribution >= 4 is 5.91 Å². The largest absolute Gasteiger partial charge is 0.369 e. The van der Waals surface area contributed by atoms with Crippen molar-refractivity contribution in [3.8, 4) is 0 Å². The molecule has 1 saturated carbocycles. The first-order valence-corrected chi connectivity index (χ1v) is 5.00. The van der Waals surface area contributed by atoms with Crippen LogP contribution in [0.5, 0.6) is 0 Å². The molecule has 0 bridgehead atoms. The molecule has 1 rings (SSSR count). The van der Waals surface area contributed by atoms with Gasteiger partial charge in [-0.15, -0.1) is 0 Å². The van der Waals surface area contributed by atoms with Gasteiger partial charge < -0.3 is 10.1 Å². The van der Waals surface area contributed by atoms with Crippen molar-refractivity contribution in [3.63, 3.8) is 0 Å². The lowest BCUT2D eigenvalue weighted by Crippen LogP contribution is -2.37. The smallest absolute Gasteiger partial charge is 0.246 e. The molecule has 1 aliphatic rings. The summed E-state index contributed by atoms with van der Waals surface area (Å²) in [5.74, 6) is 0.719. The summed E-state index contributed by atoms with van der Waals surface area (Å²) in [5.41, 5.74) is 0. The highest BCUT2D eigenvalue weighted by Crippen LogP contribution is 2.32. The second kappa shape index (κ2) is 4.61. The van der Waals surface area contributed by atoms with Crippen LogP contribution in [0.4, 0.5) is 0 Å². The minimum Gasteiger partial charge on any atom is -0.369 e. The van der Waals surface area contributed by atoms with Crippen LogP contribution in [0.3, 0.4) is 0 Å². The average molecular weight is 185 g/mol. The van der Waals surface area contributed by atoms with Gasteiger partial charge in [-0.05, 0) is 39.5 Å². The van der Waals surface area contributed by atoms with Crippen LogP contribution in [-0.2, 0) is 9.53 Å². The Morgan fingerprint density at radius 3 is 2.54 bits per heavy atom. The molecule has 76 valence electrons. The van der Waals surface area contributed by atoms with Crippen LogP contribution in [0.2, 0.25) is 0 Å². The second-order valence-corrected chi connectivity index (χ2v) is 4.05. The fourth-order valence-electron chi connectivity index (χ4n) is 1.25. The average Bonchev–Trinajstić information content (AvgIpc) is 2.82. The molecule has 0 aromatic heterocycles. The fraction of sp³-hybridized carbons (Fsp3) is 0.900. The van der Waals surface area contributed by atoms with Crippen LogP contribution in [0.25, 0.3) is 0 Å². The third kappa shape index (κ3) is 4.27. The van der Waals surface area contributed by atoms with Crippen molar-refractivity contribution in [1.29, 1.82) is 0 Å². The maximum atomic E-state index is 11.3. The molecule has 0 saturated heterocycles. The van der Waals surface area contributed by atoms with E-state index in [0.29, 0.717) is 12.0 Å². The zero-order valence-electron chi connectivity index (χ0n) is 8.67. The summed E-state index contributed by atoms with van der Waals surface area (Å²) in [5, 5.41) is 2.93. The molecule has 3 heteroatoms. The van der Waals surface area contributed by atoms with E-state index >= 15 is 0 Å². The zero-order valence-corrected chi connectivity index (χ0v) is 8.67. The molecule has 0 spiro atoms. The molecule has 13 heavy (non-hydrogen) atoms. The van der Waals surface area contributed by atoms with E-state index in [2.05, 4.69) is 12.2 Å². The summed E-state index contributed by atoms with van der Waals surface area (Å²) >= 11 is 0. The van der Waals surface area contributed by atoms with Crippen molar-refractivity contribution in [1.82, 2.24) is 5.32 Å². The monoisotopic (exact) mass is 185 g/mol. The van der Waals surface area contributed by atoms with E-state index in [1.54, 1.807) is 0 Å². The van der Waals surface area contributed by atoms with Crippen molar-refractivity contribution in [3.05, 3.63) is 0 Å². The lowest BCUT2D eigenvalue weighted by molar-refractivity contribution is -0.127. The van der Waals surface area contributed by atoms with Crippen LogP contribution in [0, 0.1) is 5.92 Å². The molecule has 0 aliphatic heterocycles. The van der Waals surface area contributed by atoms with Gasteiger partial charge in [-0.3, -0.25) is 4.79 Å². The van der Waals surface area contributed by atoms with E-state index in [1.807, 2.05) is 13.8 Å². The Balaban J connectivity index is 2.09. The molecule has 1 fully saturated rings. The first kappa shape index (κ1) is 10.5. The summed E-state index contributed by atoms with van der Waals surface area (Å²) < 4.78 is 5.19. The van der Waals surface area contributed by atoms with E-state index in [-0.39, 0.29) is 18.6 Å². The van der Waals surface area contributed by atoms with Gasteiger partial charge in [0, 0.05) is 6.04 Å². The van der Waals surface area contributed by atoms with E-state index in [1.165, 1.54) is 12.8 Å². The first-order chi connectivity index (χ1) is 6.09. The van der Waals surface area contributed by atoms with Gasteiger partial charge in [0.25, 0.3) is 0 Å². The highest BCUT2D eigenvalue weighted by molar-refractivity contribution is 5.77. The topological polar surface area (TPSA) is 38.3 Å². The predicted octanol–water partition coefficient (Wildman–Crippen LogP) is 1.33. The summed E-state index contributed by atoms with van der Waals surface area (Å²) in [4.78, 5) is 11.3. The lowest BCUT2D eigenvalue weighted by Gasteiger charge is -2.13. The first-order valence-electron chi connectivity index (χ1n) is 5.00. The molecule has 1 aliphatic carbocycles. The Bertz CT molecular complexity index is 176. The molecule has 1 amide bonds. The van der Waals surface area contributed by atoms with Crippen molar-refractivity contribution in [2.45, 2.75) is 45.8 Å². The van der Waals surface area contributed by atoms with Crippen LogP contribution >= 0.6 is 0 Å². The molecule has 0 heterocycles. The zero-order chi connectivity index (χ0) is 9.84. The standard InChI is InChI=1S/C10H19NO2/c1-7(2)13-6-10(12)11-8(3)9-4-5-9/h7-9H,4-6H2,1-3H3,(H,11,12). The summed E-state index contributed by atoms with van der Waals surface area (Å²) in [6, 6.07) is 0.322. The van der Waals surface area contributed by atoms with Crippen molar-refractivity contribution in [2.75, 3.05) is 6.61 Å². The van der Waals surface area contributed by atoms with Crippen LogP contribution in [0.15, 0.2) is 0 Å². The Kier molecular flexibility index (Phi) is 3.72. The molecule has 0 radical (unpaired) electrons. The normalized spacial score (nSPS) is 18.8. The minimum atomic E-state index is 0.00750. The Hall–Kier alpha value is -0.570. The molecule has 1 atom stereocenters. The van der Waals surface area contributed by atoms with Gasteiger partial charge in [-0.25, -0.2) is 0 Å².